The van der Waals surface area contributed by atoms with Gasteiger partial charge < -0.3 is 5.32 Å². The molecular formula is C13H24N4O2S2. The molecule has 0 spiro atoms. The fourth-order valence-corrected chi connectivity index (χ4v) is 3.17. The fraction of sp³-hybridized carbons (Fsp3) is 0.692. The van der Waals surface area contributed by atoms with Gasteiger partial charge in [-0.25, -0.2) is 23.1 Å². The maximum atomic E-state index is 12.0. The number of anilines is 1. The number of aromatic nitrogens is 2. The molecule has 6 nitrogen and oxygen atoms in total. The van der Waals surface area contributed by atoms with Crippen LogP contribution in [0.2, 0.25) is 0 Å². The second-order valence-corrected chi connectivity index (χ2v) is 7.33. The highest BCUT2D eigenvalue weighted by molar-refractivity contribution is 7.98. The number of nitrogens with one attached hydrogen (secondary N) is 2. The van der Waals surface area contributed by atoms with E-state index in [-0.39, 0.29) is 4.90 Å². The van der Waals surface area contributed by atoms with Gasteiger partial charge in [-0.2, -0.15) is 11.8 Å². The SMILES string of the molecule is CCNc1ncc(S(=O)(=O)NCCCCCCSC)cn1. The standard InChI is InChI=1S/C13H24N4O2S2/c1-3-14-13-15-10-12(11-16-13)21(18,19)17-8-6-4-5-7-9-20-2/h10-11,17H,3-9H2,1-2H3,(H,14,15,16). The number of nitrogens with zero attached hydrogens (tertiary/aromatic N) is 2. The summed E-state index contributed by atoms with van der Waals surface area (Å²) in [6, 6.07) is 0. The number of rotatable bonds is 11. The van der Waals surface area contributed by atoms with E-state index in [9.17, 15) is 8.42 Å². The first-order valence-corrected chi connectivity index (χ1v) is 10.0. The summed E-state index contributed by atoms with van der Waals surface area (Å²) in [6.45, 7) is 3.08. The molecule has 0 aromatic carbocycles. The zero-order chi connectivity index (χ0) is 15.6. The van der Waals surface area contributed by atoms with Crippen LogP contribution in [0.15, 0.2) is 17.3 Å². The van der Waals surface area contributed by atoms with Crippen molar-refractivity contribution in [3.63, 3.8) is 0 Å². The van der Waals surface area contributed by atoms with Gasteiger partial charge in [-0.15, -0.1) is 0 Å². The average Bonchev–Trinajstić information content (AvgIpc) is 2.47. The number of sulfonamides is 1. The van der Waals surface area contributed by atoms with E-state index >= 15 is 0 Å². The number of thioether (sulfide) groups is 1. The largest absolute Gasteiger partial charge is 0.355 e. The third kappa shape index (κ3) is 7.10. The molecule has 0 unspecified atom stereocenters. The molecule has 0 radical (unpaired) electrons. The summed E-state index contributed by atoms with van der Waals surface area (Å²) < 4.78 is 26.6. The highest BCUT2D eigenvalue weighted by atomic mass is 32.2. The smallest absolute Gasteiger partial charge is 0.243 e. The molecule has 1 aromatic heterocycles. The van der Waals surface area contributed by atoms with Gasteiger partial charge in [0.15, 0.2) is 0 Å². The van der Waals surface area contributed by atoms with Crippen LogP contribution in [0.3, 0.4) is 0 Å². The Labute approximate surface area is 131 Å². The molecule has 1 rings (SSSR count). The van der Waals surface area contributed by atoms with E-state index < -0.39 is 10.0 Å². The summed E-state index contributed by atoms with van der Waals surface area (Å²) in [5.41, 5.74) is 0. The van der Waals surface area contributed by atoms with Gasteiger partial charge in [0.05, 0.1) is 12.4 Å². The Morgan fingerprint density at radius 1 is 1.14 bits per heavy atom. The van der Waals surface area contributed by atoms with Crippen LogP contribution in [0.1, 0.15) is 32.6 Å². The minimum Gasteiger partial charge on any atom is -0.355 e. The summed E-state index contributed by atoms with van der Waals surface area (Å²) in [7, 11) is -3.50. The van der Waals surface area contributed by atoms with Gasteiger partial charge in [0, 0.05) is 13.1 Å². The second-order valence-electron chi connectivity index (χ2n) is 4.58. The van der Waals surface area contributed by atoms with E-state index in [1.54, 1.807) is 0 Å². The summed E-state index contributed by atoms with van der Waals surface area (Å²) >= 11 is 1.84. The highest BCUT2D eigenvalue weighted by Gasteiger charge is 2.14. The fourth-order valence-electron chi connectivity index (χ4n) is 1.72. The number of hydrogen-bond donors (Lipinski definition) is 2. The van der Waals surface area contributed by atoms with Gasteiger partial charge in [0.2, 0.25) is 16.0 Å². The van der Waals surface area contributed by atoms with E-state index in [1.807, 2.05) is 18.7 Å². The number of hydrogen-bond acceptors (Lipinski definition) is 6. The van der Waals surface area contributed by atoms with Crippen LogP contribution in [0.25, 0.3) is 0 Å². The van der Waals surface area contributed by atoms with Crippen LogP contribution in [-0.2, 0) is 10.0 Å². The molecule has 1 heterocycles. The predicted octanol–water partition coefficient (Wildman–Crippen LogP) is 2.11. The molecule has 0 aliphatic heterocycles. The third-order valence-electron chi connectivity index (χ3n) is 2.84. The summed E-state index contributed by atoms with van der Waals surface area (Å²) in [5.74, 6) is 1.60. The van der Waals surface area contributed by atoms with Gasteiger partial charge in [-0.1, -0.05) is 12.8 Å². The van der Waals surface area contributed by atoms with Gasteiger partial charge in [0.1, 0.15) is 4.90 Å². The van der Waals surface area contributed by atoms with Crippen LogP contribution < -0.4 is 10.0 Å². The van der Waals surface area contributed by atoms with Crippen molar-refractivity contribution in [1.29, 1.82) is 0 Å². The van der Waals surface area contributed by atoms with Crippen LogP contribution >= 0.6 is 11.8 Å². The number of unbranched alkanes of at least 4 members (excludes halogenated alkanes) is 3. The van der Waals surface area contributed by atoms with E-state index in [2.05, 4.69) is 26.3 Å². The molecule has 0 atom stereocenters. The van der Waals surface area contributed by atoms with Crippen molar-refractivity contribution in [2.75, 3.05) is 30.4 Å². The Balaban J connectivity index is 2.35. The summed E-state index contributed by atoms with van der Waals surface area (Å²) in [4.78, 5) is 8.04. The molecule has 0 saturated heterocycles. The van der Waals surface area contributed by atoms with Gasteiger partial charge in [0.25, 0.3) is 0 Å². The quantitative estimate of drug-likeness (QED) is 0.604. The van der Waals surface area contributed by atoms with Crippen molar-refractivity contribution in [3.05, 3.63) is 12.4 Å². The Morgan fingerprint density at radius 3 is 2.43 bits per heavy atom. The zero-order valence-electron chi connectivity index (χ0n) is 12.6. The van der Waals surface area contributed by atoms with Gasteiger partial charge in [-0.05, 0) is 31.8 Å². The predicted molar refractivity (Wildman–Crippen MR) is 88.2 cm³/mol. The van der Waals surface area contributed by atoms with Crippen molar-refractivity contribution in [2.24, 2.45) is 0 Å². The summed E-state index contributed by atoms with van der Waals surface area (Å²) in [5, 5.41) is 2.92. The normalized spacial score (nSPS) is 11.5. The van der Waals surface area contributed by atoms with Crippen molar-refractivity contribution < 1.29 is 8.42 Å². The van der Waals surface area contributed by atoms with Gasteiger partial charge in [-0.3, -0.25) is 0 Å². The van der Waals surface area contributed by atoms with E-state index in [1.165, 1.54) is 24.6 Å². The lowest BCUT2D eigenvalue weighted by Crippen LogP contribution is -2.25. The lowest BCUT2D eigenvalue weighted by molar-refractivity contribution is 0.573. The van der Waals surface area contributed by atoms with E-state index in [4.69, 9.17) is 0 Å². The van der Waals surface area contributed by atoms with Crippen molar-refractivity contribution in [1.82, 2.24) is 14.7 Å². The Morgan fingerprint density at radius 2 is 1.81 bits per heavy atom. The maximum Gasteiger partial charge on any atom is 0.243 e. The highest BCUT2D eigenvalue weighted by Crippen LogP contribution is 2.08. The molecule has 8 heteroatoms. The molecule has 120 valence electrons. The van der Waals surface area contributed by atoms with E-state index in [0.29, 0.717) is 19.0 Å². The lowest BCUT2D eigenvalue weighted by Gasteiger charge is -2.07. The molecule has 0 saturated carbocycles. The van der Waals surface area contributed by atoms with Crippen LogP contribution in [0.5, 0.6) is 0 Å². The summed E-state index contributed by atoms with van der Waals surface area (Å²) in [6.07, 6.45) is 8.97. The van der Waals surface area contributed by atoms with Crippen molar-refractivity contribution in [2.45, 2.75) is 37.5 Å². The Kier molecular flexibility index (Phi) is 8.63. The van der Waals surface area contributed by atoms with Crippen LogP contribution in [0, 0.1) is 0 Å². The first kappa shape index (κ1) is 18.2. The zero-order valence-corrected chi connectivity index (χ0v) is 14.3. The van der Waals surface area contributed by atoms with Crippen LogP contribution in [0.4, 0.5) is 5.95 Å². The Hall–Kier alpha value is -0.860. The lowest BCUT2D eigenvalue weighted by atomic mass is 10.2. The molecule has 0 aliphatic carbocycles. The first-order valence-electron chi connectivity index (χ1n) is 7.14. The van der Waals surface area contributed by atoms with Crippen molar-refractivity contribution in [3.8, 4) is 0 Å². The second kappa shape index (κ2) is 9.97. The van der Waals surface area contributed by atoms with E-state index in [0.717, 1.165) is 19.3 Å². The molecule has 21 heavy (non-hydrogen) atoms. The van der Waals surface area contributed by atoms with Crippen LogP contribution in [-0.4, -0.2) is 43.5 Å². The minimum absolute atomic E-state index is 0.103. The molecule has 2 N–H and O–H groups in total. The van der Waals surface area contributed by atoms with Gasteiger partial charge >= 0.3 is 0 Å². The average molecular weight is 332 g/mol. The monoisotopic (exact) mass is 332 g/mol. The topological polar surface area (TPSA) is 84.0 Å². The molecular weight excluding hydrogens is 308 g/mol. The maximum absolute atomic E-state index is 12.0. The first-order chi connectivity index (χ1) is 10.1. The third-order valence-corrected chi connectivity index (χ3v) is 4.95. The molecule has 0 amide bonds. The molecule has 0 aliphatic rings. The Bertz CT molecular complexity index is 491. The molecule has 0 fully saturated rings. The molecule has 1 aromatic rings. The molecule has 0 bridgehead atoms. The van der Waals surface area contributed by atoms with Crippen molar-refractivity contribution >= 4 is 27.7 Å². The minimum atomic E-state index is -3.50.